The number of aromatic nitrogens is 2. The number of nitrogens with one attached hydrogen (secondary N) is 2. The third-order valence-corrected chi connectivity index (χ3v) is 5.15. The third-order valence-electron chi connectivity index (χ3n) is 3.40. The fraction of sp³-hybridized carbons (Fsp3) is 0.176. The van der Waals surface area contributed by atoms with Crippen molar-refractivity contribution >= 4 is 45.3 Å². The summed E-state index contributed by atoms with van der Waals surface area (Å²) in [4.78, 5) is 41.4. The molecule has 0 fully saturated rings. The second-order valence-corrected chi connectivity index (χ2v) is 7.04. The van der Waals surface area contributed by atoms with E-state index in [4.69, 9.17) is 0 Å². The number of hydrogen-bond acceptors (Lipinski definition) is 6. The molecule has 2 heterocycles. The smallest absolute Gasteiger partial charge is 0.321 e. The predicted octanol–water partition coefficient (Wildman–Crippen LogP) is 2.39. The lowest BCUT2D eigenvalue weighted by Gasteiger charge is -2.12. The van der Waals surface area contributed by atoms with Crippen LogP contribution in [-0.4, -0.2) is 33.8 Å². The van der Waals surface area contributed by atoms with Gasteiger partial charge >= 0.3 is 6.03 Å². The minimum atomic E-state index is -0.541. The molecule has 1 aromatic carbocycles. The predicted molar refractivity (Wildman–Crippen MR) is 103 cm³/mol. The number of thioether (sulfide) groups is 1. The van der Waals surface area contributed by atoms with Crippen LogP contribution < -0.4 is 16.2 Å². The van der Waals surface area contributed by atoms with Crippen LogP contribution in [0.3, 0.4) is 0 Å². The molecule has 9 heteroatoms. The van der Waals surface area contributed by atoms with Crippen LogP contribution in [0.15, 0.2) is 51.7 Å². The van der Waals surface area contributed by atoms with Crippen molar-refractivity contribution in [2.45, 2.75) is 12.1 Å². The summed E-state index contributed by atoms with van der Waals surface area (Å²) in [5.74, 6) is -0.492. The highest BCUT2D eigenvalue weighted by atomic mass is 32.2. The van der Waals surface area contributed by atoms with E-state index >= 15 is 0 Å². The largest absolute Gasteiger partial charge is 0.338 e. The van der Waals surface area contributed by atoms with E-state index in [0.29, 0.717) is 27.6 Å². The number of para-hydroxylation sites is 1. The number of urea groups is 1. The van der Waals surface area contributed by atoms with Crippen molar-refractivity contribution in [1.29, 1.82) is 0 Å². The van der Waals surface area contributed by atoms with Gasteiger partial charge in [-0.3, -0.25) is 19.5 Å². The van der Waals surface area contributed by atoms with E-state index in [0.717, 1.165) is 11.8 Å². The highest BCUT2D eigenvalue weighted by Gasteiger charge is 2.16. The summed E-state index contributed by atoms with van der Waals surface area (Å²) >= 11 is 2.48. The van der Waals surface area contributed by atoms with E-state index in [1.54, 1.807) is 25.1 Å². The van der Waals surface area contributed by atoms with Gasteiger partial charge < -0.3 is 5.32 Å². The second kappa shape index (κ2) is 8.15. The van der Waals surface area contributed by atoms with E-state index in [2.05, 4.69) is 15.6 Å². The summed E-state index contributed by atoms with van der Waals surface area (Å²) in [5, 5.41) is 7.48. The first kappa shape index (κ1) is 18.2. The van der Waals surface area contributed by atoms with Crippen LogP contribution in [0.4, 0.5) is 4.79 Å². The zero-order chi connectivity index (χ0) is 18.5. The topological polar surface area (TPSA) is 93.1 Å². The molecule has 0 aliphatic rings. The van der Waals surface area contributed by atoms with Crippen molar-refractivity contribution in [2.75, 3.05) is 12.3 Å². The van der Waals surface area contributed by atoms with E-state index in [1.165, 1.54) is 15.9 Å². The number of thiophene rings is 1. The highest BCUT2D eigenvalue weighted by Crippen LogP contribution is 2.23. The van der Waals surface area contributed by atoms with E-state index in [9.17, 15) is 14.4 Å². The fourth-order valence-corrected chi connectivity index (χ4v) is 3.91. The van der Waals surface area contributed by atoms with Crippen molar-refractivity contribution in [3.05, 3.63) is 52.1 Å². The van der Waals surface area contributed by atoms with Gasteiger partial charge in [0.25, 0.3) is 5.56 Å². The molecule has 26 heavy (non-hydrogen) atoms. The summed E-state index contributed by atoms with van der Waals surface area (Å²) in [7, 11) is 0. The summed E-state index contributed by atoms with van der Waals surface area (Å²) in [6, 6.07) is 10.3. The summed E-state index contributed by atoms with van der Waals surface area (Å²) in [5.41, 5.74) is 0.485. The first-order valence-electron chi connectivity index (χ1n) is 7.86. The molecule has 0 aliphatic carbocycles. The van der Waals surface area contributed by atoms with Crippen LogP contribution in [0, 0.1) is 0 Å². The molecule has 3 aromatic rings. The van der Waals surface area contributed by atoms with Crippen molar-refractivity contribution in [1.82, 2.24) is 20.2 Å². The SMILES string of the molecule is CCNC(=O)NC(=O)CSc1nc2sccc2c(=O)n1-c1ccccc1. The Kier molecular flexibility index (Phi) is 5.69. The van der Waals surface area contributed by atoms with Gasteiger partial charge in [0.05, 0.1) is 16.8 Å². The number of rotatable bonds is 5. The minimum Gasteiger partial charge on any atom is -0.338 e. The highest BCUT2D eigenvalue weighted by molar-refractivity contribution is 7.99. The Morgan fingerprint density at radius 3 is 2.73 bits per heavy atom. The molecule has 3 amide bonds. The summed E-state index contributed by atoms with van der Waals surface area (Å²) in [6.45, 7) is 2.19. The van der Waals surface area contributed by atoms with Gasteiger partial charge in [0.2, 0.25) is 5.91 Å². The maximum absolute atomic E-state index is 12.9. The average Bonchev–Trinajstić information content (AvgIpc) is 3.10. The number of imide groups is 1. The number of nitrogens with zero attached hydrogens (tertiary/aromatic N) is 2. The summed E-state index contributed by atoms with van der Waals surface area (Å²) in [6.07, 6.45) is 0. The van der Waals surface area contributed by atoms with Crippen molar-refractivity contribution in [3.8, 4) is 5.69 Å². The minimum absolute atomic E-state index is 0.0344. The molecule has 0 spiro atoms. The Hall–Kier alpha value is -2.65. The van der Waals surface area contributed by atoms with Gasteiger partial charge in [0, 0.05) is 6.54 Å². The normalized spacial score (nSPS) is 10.7. The number of amides is 3. The lowest BCUT2D eigenvalue weighted by molar-refractivity contribution is -0.117. The van der Waals surface area contributed by atoms with E-state index in [-0.39, 0.29) is 11.3 Å². The molecule has 0 saturated carbocycles. The summed E-state index contributed by atoms with van der Waals surface area (Å²) < 4.78 is 1.49. The number of hydrogen-bond donors (Lipinski definition) is 2. The molecule has 0 aliphatic heterocycles. The molecular formula is C17H16N4O3S2. The van der Waals surface area contributed by atoms with E-state index in [1.807, 2.05) is 23.6 Å². The Bertz CT molecular complexity index is 998. The molecular weight excluding hydrogens is 372 g/mol. The molecule has 0 atom stereocenters. The van der Waals surface area contributed by atoms with Crippen LogP contribution in [0.25, 0.3) is 15.9 Å². The van der Waals surface area contributed by atoms with Gasteiger partial charge in [-0.05, 0) is 30.5 Å². The number of carbonyl (C=O) groups is 2. The molecule has 0 radical (unpaired) electrons. The van der Waals surface area contributed by atoms with Gasteiger partial charge in [-0.2, -0.15) is 0 Å². The zero-order valence-electron chi connectivity index (χ0n) is 13.9. The van der Waals surface area contributed by atoms with Gasteiger partial charge in [-0.25, -0.2) is 9.78 Å². The van der Waals surface area contributed by atoms with Crippen molar-refractivity contribution in [2.24, 2.45) is 0 Å². The van der Waals surface area contributed by atoms with E-state index < -0.39 is 11.9 Å². The van der Waals surface area contributed by atoms with Crippen LogP contribution in [-0.2, 0) is 4.79 Å². The number of fused-ring (bicyclic) bond motifs is 1. The van der Waals surface area contributed by atoms with Gasteiger partial charge in [-0.1, -0.05) is 30.0 Å². The van der Waals surface area contributed by atoms with Gasteiger partial charge in [-0.15, -0.1) is 11.3 Å². The Morgan fingerprint density at radius 2 is 2.00 bits per heavy atom. The molecule has 7 nitrogen and oxygen atoms in total. The Labute approximate surface area is 157 Å². The molecule has 0 unspecified atom stereocenters. The van der Waals surface area contributed by atoms with Crippen LogP contribution >= 0.6 is 23.1 Å². The average molecular weight is 388 g/mol. The second-order valence-electron chi connectivity index (χ2n) is 5.21. The van der Waals surface area contributed by atoms with Crippen molar-refractivity contribution in [3.63, 3.8) is 0 Å². The lowest BCUT2D eigenvalue weighted by atomic mass is 10.3. The van der Waals surface area contributed by atoms with Crippen LogP contribution in [0.2, 0.25) is 0 Å². The quantitative estimate of drug-likeness (QED) is 0.517. The first-order valence-corrected chi connectivity index (χ1v) is 9.73. The lowest BCUT2D eigenvalue weighted by Crippen LogP contribution is -2.40. The van der Waals surface area contributed by atoms with Crippen molar-refractivity contribution < 1.29 is 9.59 Å². The first-order chi connectivity index (χ1) is 12.6. The third kappa shape index (κ3) is 3.94. The Morgan fingerprint density at radius 1 is 1.23 bits per heavy atom. The fourth-order valence-electron chi connectivity index (χ4n) is 2.29. The molecule has 134 valence electrons. The van der Waals surface area contributed by atoms with Crippen LogP contribution in [0.1, 0.15) is 6.92 Å². The molecule has 3 rings (SSSR count). The molecule has 2 aromatic heterocycles. The van der Waals surface area contributed by atoms with Crippen LogP contribution in [0.5, 0.6) is 0 Å². The number of carbonyl (C=O) groups excluding carboxylic acids is 2. The molecule has 0 saturated heterocycles. The zero-order valence-corrected chi connectivity index (χ0v) is 15.5. The molecule has 2 N–H and O–H groups in total. The maximum atomic E-state index is 12.9. The number of benzene rings is 1. The van der Waals surface area contributed by atoms with Gasteiger partial charge in [0.15, 0.2) is 5.16 Å². The standard InChI is InChI=1S/C17H16N4O3S2/c1-2-18-16(24)19-13(22)10-26-17-20-14-12(8-9-25-14)15(23)21(17)11-6-4-3-5-7-11/h3-9H,2,10H2,1H3,(H2,18,19,22,24). The maximum Gasteiger partial charge on any atom is 0.321 e. The van der Waals surface area contributed by atoms with Gasteiger partial charge in [0.1, 0.15) is 4.83 Å². The monoisotopic (exact) mass is 388 g/mol. The Balaban J connectivity index is 1.91. The molecule has 0 bridgehead atoms.